The van der Waals surface area contributed by atoms with Gasteiger partial charge in [0.25, 0.3) is 5.56 Å². The molecule has 218 valence electrons. The number of allylic oxidation sites excluding steroid dienone is 1. The van der Waals surface area contributed by atoms with Gasteiger partial charge in [0.05, 0.1) is 12.1 Å². The third-order valence-electron chi connectivity index (χ3n) is 6.30. The number of amides is 3. The molecule has 0 bridgehead atoms. The summed E-state index contributed by atoms with van der Waals surface area (Å²) in [5, 5.41) is 13.9. The number of carboxylic acid groups (broad SMARTS) is 1. The van der Waals surface area contributed by atoms with E-state index in [2.05, 4.69) is 20.6 Å². The van der Waals surface area contributed by atoms with E-state index >= 15 is 0 Å². The average Bonchev–Trinajstić information content (AvgIpc) is 3.39. The van der Waals surface area contributed by atoms with Crippen LogP contribution >= 0.6 is 0 Å². The molecule has 42 heavy (non-hydrogen) atoms. The number of H-pyrrole nitrogens is 1. The van der Waals surface area contributed by atoms with Crippen molar-refractivity contribution in [3.63, 3.8) is 0 Å². The highest BCUT2D eigenvalue weighted by Crippen LogP contribution is 2.24. The maximum absolute atomic E-state index is 13.2. The van der Waals surface area contributed by atoms with Crippen molar-refractivity contribution in [1.29, 1.82) is 0 Å². The third-order valence-corrected chi connectivity index (χ3v) is 6.30. The number of benzene rings is 2. The maximum Gasteiger partial charge on any atom is 0.405 e. The first-order valence-electron chi connectivity index (χ1n) is 13.2. The first-order chi connectivity index (χ1) is 20.2. The predicted octanol–water partition coefficient (Wildman–Crippen LogP) is 3.35. The molecule has 1 atom stereocenters. The summed E-state index contributed by atoms with van der Waals surface area (Å²) in [5.74, 6) is 0.216. The molecule has 0 spiro atoms. The van der Waals surface area contributed by atoms with E-state index in [-0.39, 0.29) is 31.0 Å². The Balaban J connectivity index is 1.45. The molecule has 0 aliphatic heterocycles. The molecule has 12 heteroatoms. The quantitative estimate of drug-likeness (QED) is 0.190. The van der Waals surface area contributed by atoms with E-state index in [9.17, 15) is 24.3 Å². The number of pyridine rings is 1. The third kappa shape index (κ3) is 7.84. The van der Waals surface area contributed by atoms with Crippen molar-refractivity contribution in [2.24, 2.45) is 0 Å². The zero-order valence-corrected chi connectivity index (χ0v) is 23.2. The standard InChI is InChI=1S/C30H32N6O6/c1-35(2)26(37)16-7-6-12-22(33-30(40)41)28(38)32-23-14-9-17-36(29(23)39)18-25-31-21-13-8-15-24(27(21)34-25)42-19-20-10-4-3-5-11-20/h3-5,7-11,13-17,22,33H,6,12,18-19H2,1-2H3,(H,31,34)(H,32,38)(H,40,41)/b16-7+. The lowest BCUT2D eigenvalue weighted by molar-refractivity contribution is -0.123. The van der Waals surface area contributed by atoms with Gasteiger partial charge < -0.3 is 34.9 Å². The van der Waals surface area contributed by atoms with Crippen LogP contribution in [0.25, 0.3) is 11.0 Å². The largest absolute Gasteiger partial charge is 0.487 e. The smallest absolute Gasteiger partial charge is 0.405 e. The highest BCUT2D eigenvalue weighted by atomic mass is 16.5. The van der Waals surface area contributed by atoms with Gasteiger partial charge in [-0.1, -0.05) is 42.5 Å². The number of nitrogens with one attached hydrogen (secondary N) is 3. The van der Waals surface area contributed by atoms with Crippen LogP contribution in [0.5, 0.6) is 5.75 Å². The molecule has 0 fully saturated rings. The molecule has 1 unspecified atom stereocenters. The minimum absolute atomic E-state index is 0.0130. The van der Waals surface area contributed by atoms with Crippen molar-refractivity contribution in [2.75, 3.05) is 19.4 Å². The first kappa shape index (κ1) is 29.6. The van der Waals surface area contributed by atoms with E-state index in [0.717, 1.165) is 5.56 Å². The number of nitrogens with zero attached hydrogens (tertiary/aromatic N) is 3. The second kappa shape index (κ2) is 13.8. The molecule has 4 rings (SSSR count). The lowest BCUT2D eigenvalue weighted by atomic mass is 10.1. The van der Waals surface area contributed by atoms with Crippen molar-refractivity contribution in [3.8, 4) is 5.75 Å². The van der Waals surface area contributed by atoms with Gasteiger partial charge in [0.15, 0.2) is 0 Å². The number of hydrogen-bond donors (Lipinski definition) is 4. The minimum atomic E-state index is -1.38. The molecule has 2 heterocycles. The van der Waals surface area contributed by atoms with Gasteiger partial charge in [0, 0.05) is 20.3 Å². The van der Waals surface area contributed by atoms with E-state index < -0.39 is 23.6 Å². The number of hydrogen-bond acceptors (Lipinski definition) is 6. The number of imidazole rings is 1. The molecule has 12 nitrogen and oxygen atoms in total. The Bertz CT molecular complexity index is 1640. The first-order valence-corrected chi connectivity index (χ1v) is 13.2. The van der Waals surface area contributed by atoms with Gasteiger partial charge in [-0.15, -0.1) is 0 Å². The summed E-state index contributed by atoms with van der Waals surface area (Å²) in [4.78, 5) is 58.3. The number of carbonyl (C=O) groups excluding carboxylic acids is 2. The van der Waals surface area contributed by atoms with E-state index in [4.69, 9.17) is 4.74 Å². The van der Waals surface area contributed by atoms with Crippen LogP contribution in [-0.4, -0.2) is 62.6 Å². The highest BCUT2D eigenvalue weighted by Gasteiger charge is 2.21. The number of rotatable bonds is 12. The van der Waals surface area contributed by atoms with Crippen LogP contribution in [0, 0.1) is 0 Å². The minimum Gasteiger partial charge on any atom is -0.487 e. The summed E-state index contributed by atoms with van der Waals surface area (Å²) in [6.07, 6.45) is 3.45. The zero-order chi connectivity index (χ0) is 30.1. The molecular weight excluding hydrogens is 540 g/mol. The number of aromatic nitrogens is 3. The van der Waals surface area contributed by atoms with Crippen LogP contribution in [0.4, 0.5) is 10.5 Å². The number of likely N-dealkylation sites (N-methyl/N-ethyl adjacent to an activating group) is 1. The molecule has 0 aliphatic rings. The van der Waals surface area contributed by atoms with Gasteiger partial charge in [0.2, 0.25) is 11.8 Å². The predicted molar refractivity (Wildman–Crippen MR) is 157 cm³/mol. The number of ether oxygens (including phenoxy) is 1. The van der Waals surface area contributed by atoms with Crippen molar-refractivity contribution < 1.29 is 24.2 Å². The monoisotopic (exact) mass is 572 g/mol. The highest BCUT2D eigenvalue weighted by molar-refractivity contribution is 5.96. The molecule has 3 amide bonds. The Morgan fingerprint density at radius 1 is 1.10 bits per heavy atom. The summed E-state index contributed by atoms with van der Waals surface area (Å²) in [5.41, 5.74) is 1.90. The number of anilines is 1. The van der Waals surface area contributed by atoms with Crippen LogP contribution in [0.3, 0.4) is 0 Å². The summed E-state index contributed by atoms with van der Waals surface area (Å²) >= 11 is 0. The van der Waals surface area contributed by atoms with Gasteiger partial charge in [-0.05, 0) is 48.7 Å². The number of aromatic amines is 1. The van der Waals surface area contributed by atoms with Crippen LogP contribution in [0.1, 0.15) is 24.2 Å². The van der Waals surface area contributed by atoms with Crippen LogP contribution in [0.2, 0.25) is 0 Å². The van der Waals surface area contributed by atoms with Gasteiger partial charge in [-0.2, -0.15) is 0 Å². The summed E-state index contributed by atoms with van der Waals surface area (Å²) in [6.45, 7) is 0.481. The molecule has 0 saturated heterocycles. The van der Waals surface area contributed by atoms with Crippen molar-refractivity contribution in [3.05, 3.63) is 101 Å². The number of para-hydroxylation sites is 1. The molecule has 4 aromatic rings. The molecule has 2 aromatic carbocycles. The van der Waals surface area contributed by atoms with Crippen LogP contribution < -0.4 is 20.9 Å². The maximum atomic E-state index is 13.2. The summed E-state index contributed by atoms with van der Waals surface area (Å²) < 4.78 is 7.39. The fourth-order valence-corrected chi connectivity index (χ4v) is 4.14. The van der Waals surface area contributed by atoms with E-state index in [1.165, 1.54) is 21.6 Å². The van der Waals surface area contributed by atoms with Gasteiger partial charge in [0.1, 0.15) is 35.4 Å². The van der Waals surface area contributed by atoms with Gasteiger partial charge in [-0.25, -0.2) is 9.78 Å². The van der Waals surface area contributed by atoms with E-state index in [1.54, 1.807) is 32.4 Å². The SMILES string of the molecule is CN(C)C(=O)/C=C/CCC(NC(=O)O)C(=O)Nc1cccn(Cc2nc3cccc(OCc4ccccc4)c3[nH]2)c1=O. The lowest BCUT2D eigenvalue weighted by Crippen LogP contribution is -2.44. The Kier molecular flexibility index (Phi) is 9.72. The zero-order valence-electron chi connectivity index (χ0n) is 23.2. The van der Waals surface area contributed by atoms with E-state index in [1.807, 2.05) is 48.5 Å². The second-order valence-corrected chi connectivity index (χ2v) is 9.67. The Morgan fingerprint density at radius 3 is 2.62 bits per heavy atom. The van der Waals surface area contributed by atoms with Crippen molar-refractivity contribution >= 4 is 34.6 Å². The summed E-state index contributed by atoms with van der Waals surface area (Å²) in [7, 11) is 3.21. The number of carbonyl (C=O) groups is 3. The summed E-state index contributed by atoms with van der Waals surface area (Å²) in [6, 6.07) is 17.2. The van der Waals surface area contributed by atoms with E-state index in [0.29, 0.717) is 29.2 Å². The Hall–Kier alpha value is -5.39. The lowest BCUT2D eigenvalue weighted by Gasteiger charge is -2.16. The van der Waals surface area contributed by atoms with Crippen LogP contribution in [-0.2, 0) is 22.7 Å². The molecule has 0 saturated carbocycles. The molecule has 2 aromatic heterocycles. The second-order valence-electron chi connectivity index (χ2n) is 9.67. The Labute approximate surface area is 241 Å². The van der Waals surface area contributed by atoms with Crippen molar-refractivity contribution in [2.45, 2.75) is 32.0 Å². The van der Waals surface area contributed by atoms with Gasteiger partial charge in [-0.3, -0.25) is 14.4 Å². The van der Waals surface area contributed by atoms with Crippen molar-refractivity contribution in [1.82, 2.24) is 24.8 Å². The fourth-order valence-electron chi connectivity index (χ4n) is 4.14. The number of fused-ring (bicyclic) bond motifs is 1. The Morgan fingerprint density at radius 2 is 1.88 bits per heavy atom. The molecular formula is C30H32N6O6. The molecule has 4 N–H and O–H groups in total. The topological polar surface area (TPSA) is 159 Å². The average molecular weight is 573 g/mol. The fraction of sp³-hybridized carbons (Fsp3) is 0.233. The van der Waals surface area contributed by atoms with Gasteiger partial charge >= 0.3 is 6.09 Å². The molecule has 0 aliphatic carbocycles. The molecule has 0 radical (unpaired) electrons. The van der Waals surface area contributed by atoms with Crippen LogP contribution in [0.15, 0.2) is 83.8 Å². The normalized spacial score (nSPS) is 11.8.